The summed E-state index contributed by atoms with van der Waals surface area (Å²) < 4.78 is 43.2. The fourth-order valence-electron chi connectivity index (χ4n) is 3.03. The number of benzene rings is 2. The summed E-state index contributed by atoms with van der Waals surface area (Å²) in [7, 11) is 0. The molecule has 0 bridgehead atoms. The third kappa shape index (κ3) is 9.04. The summed E-state index contributed by atoms with van der Waals surface area (Å²) in [6.45, 7) is 2.39. The summed E-state index contributed by atoms with van der Waals surface area (Å²) in [5.74, 6) is 0.672. The fraction of sp³-hybridized carbons (Fsp3) is 0.304. The van der Waals surface area contributed by atoms with Gasteiger partial charge in [-0.25, -0.2) is 9.98 Å². The molecule has 3 rings (SSSR count). The van der Waals surface area contributed by atoms with E-state index in [1.807, 2.05) is 54.1 Å². The summed E-state index contributed by atoms with van der Waals surface area (Å²) in [6.07, 6.45) is 1.08. The Hall–Kier alpha value is -2.60. The molecular weight excluding hydrogens is 546 g/mol. The Bertz CT molecular complexity index is 992. The summed E-state index contributed by atoms with van der Waals surface area (Å²) in [4.78, 5) is 8.72. The zero-order valence-corrected chi connectivity index (χ0v) is 20.5. The van der Waals surface area contributed by atoms with E-state index < -0.39 is 12.8 Å². The summed E-state index contributed by atoms with van der Waals surface area (Å²) in [5, 5.41) is 6.57. The molecule has 0 saturated carbocycles. The van der Waals surface area contributed by atoms with Crippen molar-refractivity contribution < 1.29 is 17.9 Å². The molecule has 6 nitrogen and oxygen atoms in total. The molecule has 0 aliphatic carbocycles. The molecule has 0 saturated heterocycles. The third-order valence-electron chi connectivity index (χ3n) is 4.54. The maximum atomic E-state index is 12.2. The predicted molar refractivity (Wildman–Crippen MR) is 133 cm³/mol. The lowest BCUT2D eigenvalue weighted by Gasteiger charge is -2.14. The number of hydrogen-bond acceptors (Lipinski definition) is 3. The van der Waals surface area contributed by atoms with Crippen molar-refractivity contribution in [2.24, 2.45) is 4.99 Å². The van der Waals surface area contributed by atoms with Gasteiger partial charge in [0, 0.05) is 25.5 Å². The van der Waals surface area contributed by atoms with Gasteiger partial charge in [-0.2, -0.15) is 13.2 Å². The van der Waals surface area contributed by atoms with Gasteiger partial charge in [-0.15, -0.1) is 24.0 Å². The van der Waals surface area contributed by atoms with E-state index in [1.165, 1.54) is 0 Å². The molecule has 2 aromatic carbocycles. The Labute approximate surface area is 208 Å². The molecule has 178 valence electrons. The number of alkyl halides is 3. The molecule has 0 unspecified atom stereocenters. The summed E-state index contributed by atoms with van der Waals surface area (Å²) in [5.41, 5.74) is 3.76. The zero-order chi connectivity index (χ0) is 22.8. The largest absolute Gasteiger partial charge is 0.411 e. The van der Waals surface area contributed by atoms with Gasteiger partial charge in [0.05, 0.1) is 25.2 Å². The van der Waals surface area contributed by atoms with E-state index in [0.717, 1.165) is 16.8 Å². The van der Waals surface area contributed by atoms with Crippen molar-refractivity contribution in [3.8, 4) is 5.69 Å². The number of nitrogens with zero attached hydrogens (tertiary/aromatic N) is 3. The van der Waals surface area contributed by atoms with Crippen LogP contribution in [-0.2, 0) is 24.4 Å². The average Bonchev–Trinajstić information content (AvgIpc) is 3.31. The van der Waals surface area contributed by atoms with Crippen molar-refractivity contribution in [3.05, 3.63) is 83.9 Å². The number of nitrogens with one attached hydrogen (secondary N) is 2. The van der Waals surface area contributed by atoms with Crippen molar-refractivity contribution in [1.82, 2.24) is 20.2 Å². The second-order valence-corrected chi connectivity index (χ2v) is 7.07. The molecule has 0 radical (unpaired) electrons. The van der Waals surface area contributed by atoms with Gasteiger partial charge in [0.2, 0.25) is 0 Å². The monoisotopic (exact) mass is 573 g/mol. The highest BCUT2D eigenvalue weighted by Crippen LogP contribution is 2.16. The van der Waals surface area contributed by atoms with E-state index >= 15 is 0 Å². The first-order valence-electron chi connectivity index (χ1n) is 10.3. The number of para-hydroxylation sites is 1. The molecule has 0 aliphatic heterocycles. The van der Waals surface area contributed by atoms with Crippen molar-refractivity contribution in [2.45, 2.75) is 32.8 Å². The zero-order valence-electron chi connectivity index (χ0n) is 18.2. The van der Waals surface area contributed by atoms with Crippen LogP contribution in [0.4, 0.5) is 13.2 Å². The molecule has 10 heteroatoms. The normalized spacial score (nSPS) is 11.7. The van der Waals surface area contributed by atoms with E-state index in [4.69, 9.17) is 0 Å². The fourth-order valence-corrected chi connectivity index (χ4v) is 3.03. The molecule has 0 atom stereocenters. The maximum Gasteiger partial charge on any atom is 0.411 e. The van der Waals surface area contributed by atoms with Crippen LogP contribution in [0.3, 0.4) is 0 Å². The summed E-state index contributed by atoms with van der Waals surface area (Å²) >= 11 is 0. The van der Waals surface area contributed by atoms with Crippen LogP contribution in [0.15, 0.2) is 72.2 Å². The Morgan fingerprint density at radius 3 is 2.45 bits per heavy atom. The highest BCUT2D eigenvalue weighted by molar-refractivity contribution is 14.0. The number of aromatic nitrogens is 2. The van der Waals surface area contributed by atoms with E-state index in [0.29, 0.717) is 31.2 Å². The van der Waals surface area contributed by atoms with Crippen LogP contribution < -0.4 is 10.6 Å². The number of hydrogen-bond donors (Lipinski definition) is 2. The maximum absolute atomic E-state index is 12.2. The number of halogens is 4. The minimum Gasteiger partial charge on any atom is -0.367 e. The highest BCUT2D eigenvalue weighted by atomic mass is 127. The topological polar surface area (TPSA) is 63.5 Å². The van der Waals surface area contributed by atoms with Gasteiger partial charge in [0.25, 0.3) is 0 Å². The van der Waals surface area contributed by atoms with Crippen molar-refractivity contribution in [1.29, 1.82) is 0 Å². The minimum absolute atomic E-state index is 0. The molecule has 0 spiro atoms. The Kier molecular flexibility index (Phi) is 10.7. The first kappa shape index (κ1) is 26.7. The van der Waals surface area contributed by atoms with Gasteiger partial charge in [0.15, 0.2) is 5.96 Å². The molecule has 33 heavy (non-hydrogen) atoms. The SMILES string of the molecule is CCNC(=NCc1ccc(COCC(F)(F)F)cc1)NCc1ccccc1-n1ccnc1.I. The van der Waals surface area contributed by atoms with Crippen LogP contribution >= 0.6 is 24.0 Å². The molecule has 0 aliphatic rings. The number of imidazole rings is 1. The lowest BCUT2D eigenvalue weighted by molar-refractivity contribution is -0.176. The average molecular weight is 573 g/mol. The van der Waals surface area contributed by atoms with Gasteiger partial charge < -0.3 is 19.9 Å². The van der Waals surface area contributed by atoms with Crippen LogP contribution in [0.25, 0.3) is 5.69 Å². The molecule has 3 aromatic rings. The lowest BCUT2D eigenvalue weighted by Crippen LogP contribution is -2.37. The minimum atomic E-state index is -4.32. The second-order valence-electron chi connectivity index (χ2n) is 7.07. The number of guanidine groups is 1. The number of ether oxygens (including phenoxy) is 1. The van der Waals surface area contributed by atoms with Crippen molar-refractivity contribution >= 4 is 29.9 Å². The lowest BCUT2D eigenvalue weighted by atomic mass is 10.1. The van der Waals surface area contributed by atoms with Crippen molar-refractivity contribution in [3.63, 3.8) is 0 Å². The third-order valence-corrected chi connectivity index (χ3v) is 4.54. The molecule has 0 fully saturated rings. The van der Waals surface area contributed by atoms with Gasteiger partial charge in [0.1, 0.15) is 6.61 Å². The Morgan fingerprint density at radius 1 is 1.06 bits per heavy atom. The Balaban J connectivity index is 0.00000385. The van der Waals surface area contributed by atoms with Crippen LogP contribution in [0, 0.1) is 0 Å². The standard InChI is InChI=1S/C23H26F3N5O.HI/c1-2-28-22(30-14-20-5-3-4-6-21(20)31-12-11-27-17-31)29-13-18-7-9-19(10-8-18)15-32-16-23(24,25)26;/h3-12,17H,2,13-16H2,1H3,(H2,28,29,30);1H. The number of rotatable bonds is 9. The number of aliphatic imine (C=N–C) groups is 1. The second kappa shape index (κ2) is 13.2. The van der Waals surface area contributed by atoms with Crippen LogP contribution in [-0.4, -0.2) is 34.8 Å². The summed E-state index contributed by atoms with van der Waals surface area (Å²) in [6, 6.07) is 15.2. The molecule has 1 heterocycles. The van der Waals surface area contributed by atoms with E-state index in [-0.39, 0.29) is 30.6 Å². The first-order chi connectivity index (χ1) is 15.4. The van der Waals surface area contributed by atoms with Gasteiger partial charge in [-0.3, -0.25) is 0 Å². The molecule has 0 amide bonds. The predicted octanol–water partition coefficient (Wildman–Crippen LogP) is 4.82. The van der Waals surface area contributed by atoms with Gasteiger partial charge in [-0.05, 0) is 29.7 Å². The van der Waals surface area contributed by atoms with Gasteiger partial charge in [-0.1, -0.05) is 42.5 Å². The molecule has 1 aromatic heterocycles. The van der Waals surface area contributed by atoms with E-state index in [1.54, 1.807) is 24.7 Å². The smallest absolute Gasteiger partial charge is 0.367 e. The molecule has 2 N–H and O–H groups in total. The quantitative estimate of drug-likeness (QED) is 0.219. The van der Waals surface area contributed by atoms with Crippen LogP contribution in [0.5, 0.6) is 0 Å². The van der Waals surface area contributed by atoms with Crippen LogP contribution in [0.2, 0.25) is 0 Å². The first-order valence-corrected chi connectivity index (χ1v) is 10.3. The van der Waals surface area contributed by atoms with E-state index in [9.17, 15) is 13.2 Å². The van der Waals surface area contributed by atoms with Crippen molar-refractivity contribution in [2.75, 3.05) is 13.2 Å². The molecular formula is C23H27F3IN5O. The Morgan fingerprint density at radius 2 is 1.79 bits per heavy atom. The highest BCUT2D eigenvalue weighted by Gasteiger charge is 2.27. The van der Waals surface area contributed by atoms with E-state index in [2.05, 4.69) is 25.3 Å². The van der Waals surface area contributed by atoms with Gasteiger partial charge >= 0.3 is 6.18 Å². The van der Waals surface area contributed by atoms with Crippen LogP contribution in [0.1, 0.15) is 23.6 Å².